The van der Waals surface area contributed by atoms with Crippen molar-refractivity contribution in [2.24, 2.45) is 16.3 Å². The van der Waals surface area contributed by atoms with Crippen LogP contribution in [0.15, 0.2) is 40.7 Å². The van der Waals surface area contributed by atoms with Crippen LogP contribution in [0.4, 0.5) is 0 Å². The number of dihydropyridines is 1. The molecule has 1 aliphatic heterocycles. The number of allylic oxidation sites excluding steroid dienone is 1. The first kappa shape index (κ1) is 17.3. The summed E-state index contributed by atoms with van der Waals surface area (Å²) >= 11 is 7.31. The molecule has 0 N–H and O–H groups in total. The molecule has 0 bridgehead atoms. The van der Waals surface area contributed by atoms with Crippen LogP contribution in [0.2, 0.25) is 5.02 Å². The molecule has 2 heterocycles. The van der Waals surface area contributed by atoms with Gasteiger partial charge in [-0.2, -0.15) is 0 Å². The summed E-state index contributed by atoms with van der Waals surface area (Å²) in [7, 11) is 0. The molecular formula is C20H17ClN2O2S. The number of carbonyl (C=O) groups excluding carboxylic acids is 2. The number of aliphatic imine (C=N–C) groups is 1. The van der Waals surface area contributed by atoms with Gasteiger partial charge in [0.25, 0.3) is 5.91 Å². The Kier molecular flexibility index (Phi) is 4.16. The summed E-state index contributed by atoms with van der Waals surface area (Å²) in [5.74, 6) is -0.572. The second-order valence-corrected chi connectivity index (χ2v) is 8.79. The normalized spacial score (nSPS) is 21.9. The monoisotopic (exact) mass is 384 g/mol. The number of amides is 1. The van der Waals surface area contributed by atoms with Gasteiger partial charge in [0.15, 0.2) is 0 Å². The van der Waals surface area contributed by atoms with Gasteiger partial charge in [0.1, 0.15) is 10.8 Å². The Hall–Kier alpha value is -2.11. The zero-order chi connectivity index (χ0) is 18.5. The van der Waals surface area contributed by atoms with Gasteiger partial charge in [0.05, 0.1) is 17.2 Å². The molecule has 132 valence electrons. The number of Topliss-reactive ketones (excluding diaryl/α,β-unsaturated/α-hetero) is 1. The molecule has 1 aromatic carbocycles. The van der Waals surface area contributed by atoms with E-state index in [0.717, 1.165) is 11.3 Å². The van der Waals surface area contributed by atoms with Crippen molar-refractivity contribution in [3.05, 3.63) is 45.8 Å². The van der Waals surface area contributed by atoms with Crippen LogP contribution < -0.4 is 0 Å². The highest BCUT2D eigenvalue weighted by atomic mass is 35.5. The third-order valence-electron chi connectivity index (χ3n) is 4.70. The van der Waals surface area contributed by atoms with Crippen LogP contribution >= 0.6 is 22.9 Å². The summed E-state index contributed by atoms with van der Waals surface area (Å²) in [5.41, 5.74) is 2.69. The van der Waals surface area contributed by atoms with Crippen LogP contribution in [0.3, 0.4) is 0 Å². The predicted octanol–water partition coefficient (Wildman–Crippen LogP) is 4.83. The Labute approximate surface area is 160 Å². The van der Waals surface area contributed by atoms with E-state index in [9.17, 15) is 9.59 Å². The molecule has 1 amide bonds. The van der Waals surface area contributed by atoms with Gasteiger partial charge < -0.3 is 0 Å². The molecule has 1 aromatic heterocycles. The summed E-state index contributed by atoms with van der Waals surface area (Å²) < 4.78 is 0. The highest BCUT2D eigenvalue weighted by molar-refractivity contribution is 7.11. The zero-order valence-corrected chi connectivity index (χ0v) is 16.0. The maximum absolute atomic E-state index is 12.5. The van der Waals surface area contributed by atoms with Gasteiger partial charge in [0.2, 0.25) is 0 Å². The first-order valence-corrected chi connectivity index (χ1v) is 9.66. The van der Waals surface area contributed by atoms with Crippen molar-refractivity contribution in [1.82, 2.24) is 4.98 Å². The van der Waals surface area contributed by atoms with Crippen molar-refractivity contribution < 1.29 is 9.59 Å². The third-order valence-corrected chi connectivity index (χ3v) is 5.83. The van der Waals surface area contributed by atoms with Crippen molar-refractivity contribution in [2.45, 2.75) is 26.7 Å². The zero-order valence-electron chi connectivity index (χ0n) is 14.5. The molecule has 0 spiro atoms. The van der Waals surface area contributed by atoms with E-state index in [0.29, 0.717) is 34.2 Å². The Balaban J connectivity index is 1.66. The molecule has 6 heteroatoms. The Morgan fingerprint density at radius 1 is 1.15 bits per heavy atom. The highest BCUT2D eigenvalue weighted by Gasteiger charge is 2.40. The molecule has 2 aromatic rings. The number of hydrogen-bond donors (Lipinski definition) is 0. The van der Waals surface area contributed by atoms with E-state index < -0.39 is 5.92 Å². The van der Waals surface area contributed by atoms with Crippen molar-refractivity contribution in [1.29, 1.82) is 0 Å². The number of hydrogen-bond acceptors (Lipinski definition) is 4. The van der Waals surface area contributed by atoms with Gasteiger partial charge in [-0.25, -0.2) is 9.98 Å². The van der Waals surface area contributed by atoms with Gasteiger partial charge >= 0.3 is 0 Å². The minimum atomic E-state index is -0.390. The molecule has 1 fully saturated rings. The number of thiazole rings is 1. The quantitative estimate of drug-likeness (QED) is 0.744. The lowest BCUT2D eigenvalue weighted by Crippen LogP contribution is -2.39. The van der Waals surface area contributed by atoms with E-state index in [2.05, 4.69) is 9.98 Å². The highest BCUT2D eigenvalue weighted by Crippen LogP contribution is 2.39. The summed E-state index contributed by atoms with van der Waals surface area (Å²) in [6.07, 6.45) is 2.93. The number of carbonyl (C=O) groups is 2. The summed E-state index contributed by atoms with van der Waals surface area (Å²) in [6.45, 7) is 4.07. The van der Waals surface area contributed by atoms with E-state index >= 15 is 0 Å². The summed E-state index contributed by atoms with van der Waals surface area (Å²) in [5, 5.41) is 3.16. The maximum Gasteiger partial charge on any atom is 0.279 e. The van der Waals surface area contributed by atoms with E-state index in [4.69, 9.17) is 11.6 Å². The largest absolute Gasteiger partial charge is 0.299 e. The maximum atomic E-state index is 12.5. The number of nitrogens with zero attached hydrogens (tertiary/aromatic N) is 2. The number of rotatable bonds is 2. The molecule has 0 radical (unpaired) electrons. The molecule has 4 nitrogen and oxygen atoms in total. The van der Waals surface area contributed by atoms with Crippen LogP contribution in [0, 0.1) is 11.3 Å². The molecule has 26 heavy (non-hydrogen) atoms. The molecule has 1 unspecified atom stereocenters. The van der Waals surface area contributed by atoms with Gasteiger partial charge in [-0.1, -0.05) is 43.7 Å². The van der Waals surface area contributed by atoms with Gasteiger partial charge in [0, 0.05) is 28.1 Å². The fourth-order valence-electron chi connectivity index (χ4n) is 3.47. The van der Waals surface area contributed by atoms with Crippen molar-refractivity contribution >= 4 is 45.9 Å². The van der Waals surface area contributed by atoms with E-state index in [1.54, 1.807) is 18.2 Å². The number of benzene rings is 1. The molecule has 1 atom stereocenters. The molecule has 1 saturated carbocycles. The first-order valence-electron chi connectivity index (χ1n) is 8.41. The Morgan fingerprint density at radius 3 is 2.62 bits per heavy atom. The van der Waals surface area contributed by atoms with Gasteiger partial charge in [-0.3, -0.25) is 9.59 Å². The number of fused-ring (bicyclic) bond motifs is 1. The second kappa shape index (κ2) is 6.25. The van der Waals surface area contributed by atoms with Crippen molar-refractivity contribution in [3.8, 4) is 11.3 Å². The van der Waals surface area contributed by atoms with Gasteiger partial charge in [-0.05, 0) is 24.0 Å². The van der Waals surface area contributed by atoms with E-state index in [-0.39, 0.29) is 17.1 Å². The molecule has 0 saturated heterocycles. The van der Waals surface area contributed by atoms with Crippen molar-refractivity contribution in [3.63, 3.8) is 0 Å². The lowest BCUT2D eigenvalue weighted by atomic mass is 9.70. The molecule has 2 aliphatic rings. The van der Waals surface area contributed by atoms with Crippen LogP contribution in [0.25, 0.3) is 16.8 Å². The summed E-state index contributed by atoms with van der Waals surface area (Å²) in [6, 6.07) is 7.39. The first-order chi connectivity index (χ1) is 12.3. The minimum Gasteiger partial charge on any atom is -0.299 e. The van der Waals surface area contributed by atoms with Crippen molar-refractivity contribution in [2.75, 3.05) is 0 Å². The lowest BCUT2D eigenvalue weighted by molar-refractivity contribution is -0.122. The molecule has 1 aliphatic carbocycles. The van der Waals surface area contributed by atoms with Crippen LogP contribution in [0.1, 0.15) is 31.7 Å². The topological polar surface area (TPSA) is 59.4 Å². The minimum absolute atomic E-state index is 0.125. The number of aromatic nitrogens is 1. The van der Waals surface area contributed by atoms with Gasteiger partial charge in [-0.15, -0.1) is 11.3 Å². The predicted molar refractivity (Wildman–Crippen MR) is 104 cm³/mol. The molecular weight excluding hydrogens is 368 g/mol. The van der Waals surface area contributed by atoms with Crippen LogP contribution in [-0.4, -0.2) is 22.4 Å². The number of ketones is 1. The smallest absolute Gasteiger partial charge is 0.279 e. The fourth-order valence-corrected chi connectivity index (χ4v) is 4.44. The fraction of sp³-hybridized carbons (Fsp3) is 0.300. The summed E-state index contributed by atoms with van der Waals surface area (Å²) in [4.78, 5) is 33.9. The van der Waals surface area contributed by atoms with E-state index in [1.807, 2.05) is 31.4 Å². The second-order valence-electron chi connectivity index (χ2n) is 7.50. The molecule has 4 rings (SSSR count). The van der Waals surface area contributed by atoms with Crippen LogP contribution in [0.5, 0.6) is 0 Å². The Bertz CT molecular complexity index is 970. The average molecular weight is 385 g/mol. The number of halogens is 1. The average Bonchev–Trinajstić information content (AvgIpc) is 3.03. The standard InChI is InChI=1S/C20H17ClN2O2S/c1-20(2)8-15-13(17(24)9-20)7-14(18(25)22-15)19-23-16(10-26-19)11-3-5-12(21)6-4-11/h3-7,10,13H,8-9H2,1-2H3. The third kappa shape index (κ3) is 3.17. The SMILES string of the molecule is CC1(C)CC(=O)C2C=C(c3nc(-c4ccc(Cl)cc4)cs3)C(=O)N=C2C1. The Morgan fingerprint density at radius 2 is 1.88 bits per heavy atom. The van der Waals surface area contributed by atoms with E-state index in [1.165, 1.54) is 11.3 Å². The lowest BCUT2D eigenvalue weighted by Gasteiger charge is -2.34. The van der Waals surface area contributed by atoms with Crippen LogP contribution in [-0.2, 0) is 9.59 Å².